The summed E-state index contributed by atoms with van der Waals surface area (Å²) in [5.74, 6) is 2.67. The van der Waals surface area contributed by atoms with Crippen molar-refractivity contribution in [3.63, 3.8) is 0 Å². The highest BCUT2D eigenvalue weighted by atomic mass is 16.4. The minimum absolute atomic E-state index is 0.733. The minimum Gasteiger partial charge on any atom is -0.439 e. The van der Waals surface area contributed by atoms with Crippen LogP contribution in [0.1, 0.15) is 50.8 Å². The Morgan fingerprint density at radius 2 is 1.78 bits per heavy atom. The third-order valence-electron chi connectivity index (χ3n) is 5.23. The zero-order valence-electron chi connectivity index (χ0n) is 13.8. The first-order valence-corrected chi connectivity index (χ1v) is 9.12. The quantitative estimate of drug-likeness (QED) is 0.761. The molecule has 3 nitrogen and oxygen atoms in total. The highest BCUT2D eigenvalue weighted by Gasteiger charge is 2.29. The van der Waals surface area contributed by atoms with E-state index in [9.17, 15) is 0 Å². The maximum absolute atomic E-state index is 6.04. The van der Waals surface area contributed by atoms with Crippen LogP contribution in [0.25, 0.3) is 11.3 Å². The van der Waals surface area contributed by atoms with Crippen LogP contribution >= 0.6 is 0 Å². The first kappa shape index (κ1) is 14.9. The second kappa shape index (κ2) is 6.88. The molecule has 0 N–H and O–H groups in total. The Labute approximate surface area is 138 Å². The standard InChI is InChI=1S/C20H26N2O/c1-3-7-17(8-4-1)19-13-21-20(23-19)15-22(14-16-11-12-16)18-9-5-2-6-10-18/h1,3-4,7-8,13,16,18H,2,5-6,9-12,14-15H2. The smallest absolute Gasteiger partial charge is 0.209 e. The van der Waals surface area contributed by atoms with Crippen LogP contribution in [0.15, 0.2) is 40.9 Å². The zero-order valence-corrected chi connectivity index (χ0v) is 13.8. The average Bonchev–Trinajstić information content (AvgIpc) is 3.31. The molecule has 0 unspecified atom stereocenters. The molecule has 0 bridgehead atoms. The molecule has 0 saturated heterocycles. The number of benzene rings is 1. The van der Waals surface area contributed by atoms with Crippen LogP contribution in [0.4, 0.5) is 0 Å². The average molecular weight is 310 g/mol. The van der Waals surface area contributed by atoms with E-state index >= 15 is 0 Å². The molecule has 0 spiro atoms. The van der Waals surface area contributed by atoms with Gasteiger partial charge in [-0.1, -0.05) is 49.6 Å². The Bertz CT molecular complexity index is 612. The van der Waals surface area contributed by atoms with Crippen LogP contribution < -0.4 is 0 Å². The second-order valence-corrected chi connectivity index (χ2v) is 7.15. The molecule has 2 fully saturated rings. The molecular weight excluding hydrogens is 284 g/mol. The zero-order chi connectivity index (χ0) is 15.5. The van der Waals surface area contributed by atoms with E-state index in [0.29, 0.717) is 0 Å². The molecule has 3 heteroatoms. The largest absolute Gasteiger partial charge is 0.439 e. The van der Waals surface area contributed by atoms with Gasteiger partial charge in [0.25, 0.3) is 0 Å². The van der Waals surface area contributed by atoms with Gasteiger partial charge in [-0.2, -0.15) is 0 Å². The number of rotatable bonds is 6. The van der Waals surface area contributed by atoms with Crippen molar-refractivity contribution in [3.05, 3.63) is 42.4 Å². The van der Waals surface area contributed by atoms with Crippen molar-refractivity contribution in [3.8, 4) is 11.3 Å². The monoisotopic (exact) mass is 310 g/mol. The molecule has 0 atom stereocenters. The van der Waals surface area contributed by atoms with Crippen LogP contribution in [-0.4, -0.2) is 22.5 Å². The lowest BCUT2D eigenvalue weighted by molar-refractivity contribution is 0.130. The number of nitrogens with zero attached hydrogens (tertiary/aromatic N) is 2. The van der Waals surface area contributed by atoms with E-state index in [1.807, 2.05) is 24.4 Å². The summed E-state index contributed by atoms with van der Waals surface area (Å²) < 4.78 is 6.04. The Morgan fingerprint density at radius 3 is 2.52 bits per heavy atom. The van der Waals surface area contributed by atoms with Gasteiger partial charge in [0, 0.05) is 18.2 Å². The van der Waals surface area contributed by atoms with E-state index < -0.39 is 0 Å². The Balaban J connectivity index is 1.46. The lowest BCUT2D eigenvalue weighted by Gasteiger charge is -2.33. The predicted molar refractivity (Wildman–Crippen MR) is 91.9 cm³/mol. The van der Waals surface area contributed by atoms with Gasteiger partial charge in [0.05, 0.1) is 12.7 Å². The maximum atomic E-state index is 6.04. The topological polar surface area (TPSA) is 29.3 Å². The van der Waals surface area contributed by atoms with Gasteiger partial charge in [-0.3, -0.25) is 4.90 Å². The van der Waals surface area contributed by atoms with Crippen molar-refractivity contribution in [2.75, 3.05) is 6.54 Å². The molecule has 0 amide bonds. The highest BCUT2D eigenvalue weighted by Crippen LogP contribution is 2.33. The van der Waals surface area contributed by atoms with Crippen LogP contribution in [-0.2, 0) is 6.54 Å². The number of hydrogen-bond acceptors (Lipinski definition) is 3. The van der Waals surface area contributed by atoms with Gasteiger partial charge in [0.2, 0.25) is 5.89 Å². The molecule has 4 rings (SSSR count). The van der Waals surface area contributed by atoms with Crippen molar-refractivity contribution in [1.29, 1.82) is 0 Å². The molecule has 1 aromatic carbocycles. The van der Waals surface area contributed by atoms with Crippen LogP contribution in [0.5, 0.6) is 0 Å². The SMILES string of the molecule is c1ccc(-c2cnc(CN(CC3CC3)C3CCCCC3)o2)cc1. The number of oxazole rings is 1. The third kappa shape index (κ3) is 3.84. The molecular formula is C20H26N2O. The van der Waals surface area contributed by atoms with Gasteiger partial charge in [-0.05, 0) is 31.6 Å². The summed E-state index contributed by atoms with van der Waals surface area (Å²) in [6.07, 6.45) is 11.6. The number of hydrogen-bond donors (Lipinski definition) is 0. The van der Waals surface area contributed by atoms with Crippen molar-refractivity contribution in [2.24, 2.45) is 5.92 Å². The van der Waals surface area contributed by atoms with Gasteiger partial charge >= 0.3 is 0 Å². The summed E-state index contributed by atoms with van der Waals surface area (Å²) in [7, 11) is 0. The normalized spacial score (nSPS) is 19.3. The first-order valence-electron chi connectivity index (χ1n) is 9.12. The van der Waals surface area contributed by atoms with Gasteiger partial charge in [-0.25, -0.2) is 4.98 Å². The fraction of sp³-hybridized carbons (Fsp3) is 0.550. The van der Waals surface area contributed by atoms with Crippen molar-refractivity contribution >= 4 is 0 Å². The van der Waals surface area contributed by atoms with E-state index in [-0.39, 0.29) is 0 Å². The Kier molecular flexibility index (Phi) is 4.47. The maximum Gasteiger partial charge on any atom is 0.209 e. The predicted octanol–water partition coefficient (Wildman–Crippen LogP) is 4.89. The highest BCUT2D eigenvalue weighted by molar-refractivity contribution is 5.55. The van der Waals surface area contributed by atoms with Crippen LogP contribution in [0, 0.1) is 5.92 Å². The molecule has 23 heavy (non-hydrogen) atoms. The van der Waals surface area contributed by atoms with Gasteiger partial charge in [-0.15, -0.1) is 0 Å². The molecule has 1 heterocycles. The summed E-state index contributed by atoms with van der Waals surface area (Å²) in [5, 5.41) is 0. The molecule has 122 valence electrons. The fourth-order valence-electron chi connectivity index (χ4n) is 3.71. The lowest BCUT2D eigenvalue weighted by atomic mass is 9.94. The van der Waals surface area contributed by atoms with E-state index in [1.165, 1.54) is 51.5 Å². The van der Waals surface area contributed by atoms with E-state index in [1.54, 1.807) is 0 Å². The van der Waals surface area contributed by atoms with E-state index in [0.717, 1.165) is 35.7 Å². The summed E-state index contributed by atoms with van der Waals surface area (Å²) in [6.45, 7) is 2.10. The minimum atomic E-state index is 0.733. The lowest BCUT2D eigenvalue weighted by Crippen LogP contribution is -2.37. The second-order valence-electron chi connectivity index (χ2n) is 7.15. The van der Waals surface area contributed by atoms with Gasteiger partial charge < -0.3 is 4.42 Å². The fourth-order valence-corrected chi connectivity index (χ4v) is 3.71. The molecule has 0 radical (unpaired) electrons. The van der Waals surface area contributed by atoms with Gasteiger partial charge in [0.1, 0.15) is 0 Å². The first-order chi connectivity index (χ1) is 11.4. The van der Waals surface area contributed by atoms with E-state index in [4.69, 9.17) is 4.42 Å². The molecule has 2 aliphatic rings. The molecule has 2 aliphatic carbocycles. The van der Waals surface area contributed by atoms with Gasteiger partial charge in [0.15, 0.2) is 5.76 Å². The molecule has 0 aliphatic heterocycles. The Morgan fingerprint density at radius 1 is 1.00 bits per heavy atom. The summed E-state index contributed by atoms with van der Waals surface area (Å²) >= 11 is 0. The molecule has 1 aromatic heterocycles. The summed E-state index contributed by atoms with van der Waals surface area (Å²) in [4.78, 5) is 7.20. The Hall–Kier alpha value is -1.61. The molecule has 2 saturated carbocycles. The number of aromatic nitrogens is 1. The van der Waals surface area contributed by atoms with Crippen molar-refractivity contribution in [2.45, 2.75) is 57.5 Å². The van der Waals surface area contributed by atoms with Crippen LogP contribution in [0.2, 0.25) is 0 Å². The van der Waals surface area contributed by atoms with Crippen molar-refractivity contribution in [1.82, 2.24) is 9.88 Å². The summed E-state index contributed by atoms with van der Waals surface area (Å²) in [5.41, 5.74) is 1.11. The van der Waals surface area contributed by atoms with Crippen molar-refractivity contribution < 1.29 is 4.42 Å². The van der Waals surface area contributed by atoms with E-state index in [2.05, 4.69) is 22.0 Å². The summed E-state index contributed by atoms with van der Waals surface area (Å²) in [6, 6.07) is 11.0. The molecule has 2 aromatic rings. The third-order valence-corrected chi connectivity index (χ3v) is 5.23. The van der Waals surface area contributed by atoms with Crippen LogP contribution in [0.3, 0.4) is 0 Å².